The Labute approximate surface area is 206 Å². The molecule has 180 valence electrons. The molecular weight excluding hydrogens is 466 g/mol. The number of rotatable bonds is 7. The highest BCUT2D eigenvalue weighted by molar-refractivity contribution is 7.99. The number of carbonyl (C=O) groups is 2. The van der Waals surface area contributed by atoms with E-state index in [4.69, 9.17) is 0 Å². The number of pyridine rings is 1. The molecule has 0 atom stereocenters. The minimum Gasteiger partial charge on any atom is -0.368 e. The molecular formula is C25H25N5O4S. The molecule has 2 heterocycles. The van der Waals surface area contributed by atoms with E-state index in [1.54, 1.807) is 18.2 Å². The molecule has 9 nitrogen and oxygen atoms in total. The van der Waals surface area contributed by atoms with E-state index in [9.17, 15) is 19.7 Å². The van der Waals surface area contributed by atoms with Gasteiger partial charge in [0.2, 0.25) is 5.91 Å². The smallest absolute Gasteiger partial charge is 0.269 e. The fourth-order valence-corrected chi connectivity index (χ4v) is 4.95. The van der Waals surface area contributed by atoms with Gasteiger partial charge in [-0.2, -0.15) is 0 Å². The quantitative estimate of drug-likeness (QED) is 0.306. The topological polar surface area (TPSA) is 109 Å². The van der Waals surface area contributed by atoms with Crippen LogP contribution in [0, 0.1) is 10.1 Å². The summed E-state index contributed by atoms with van der Waals surface area (Å²) in [6.07, 6.45) is 2.03. The molecule has 2 aliphatic rings. The highest BCUT2D eigenvalue weighted by Crippen LogP contribution is 2.27. The first kappa shape index (κ1) is 23.1. The second-order valence-electron chi connectivity index (χ2n) is 8.70. The molecule has 35 heavy (non-hydrogen) atoms. The van der Waals surface area contributed by atoms with Crippen LogP contribution in [-0.2, 0) is 4.79 Å². The predicted molar refractivity (Wildman–Crippen MR) is 135 cm³/mol. The zero-order valence-corrected chi connectivity index (χ0v) is 19.9. The summed E-state index contributed by atoms with van der Waals surface area (Å²) < 4.78 is 0. The molecule has 0 unspecified atom stereocenters. The molecule has 1 aromatic heterocycles. The van der Waals surface area contributed by atoms with Crippen LogP contribution in [0.25, 0.3) is 10.9 Å². The second kappa shape index (κ2) is 9.91. The number of fused-ring (bicyclic) bond motifs is 1. The summed E-state index contributed by atoms with van der Waals surface area (Å²) in [6.45, 7) is 2.48. The fraction of sp³-hybridized carbons (Fsp3) is 0.320. The highest BCUT2D eigenvalue weighted by atomic mass is 32.2. The molecule has 0 spiro atoms. The lowest BCUT2D eigenvalue weighted by molar-refractivity contribution is -0.384. The Bertz CT molecular complexity index is 1270. The summed E-state index contributed by atoms with van der Waals surface area (Å²) in [5.74, 6) is 0.172. The number of anilines is 1. The number of thioether (sulfide) groups is 1. The SMILES string of the molecule is O=C(NC1CC1)c1cc(SCC(=O)N2CCN(c3ccc([N+](=O)[O-])cc3)CC2)nc2ccccc12. The fourth-order valence-electron chi connectivity index (χ4n) is 4.13. The van der Waals surface area contributed by atoms with E-state index in [-0.39, 0.29) is 29.3 Å². The standard InChI is InChI=1S/C25H25N5O4S/c31-24(29-13-11-28(12-14-29)18-7-9-19(10-8-18)30(33)34)16-35-23-15-21(25(32)26-17-5-6-17)20-3-1-2-4-22(20)27-23/h1-4,7-10,15,17H,5-6,11-14,16H2,(H,26,32). The van der Waals surface area contributed by atoms with Crippen LogP contribution in [0.5, 0.6) is 0 Å². The Morgan fingerprint density at radius 3 is 2.46 bits per heavy atom. The molecule has 1 aliphatic heterocycles. The zero-order valence-electron chi connectivity index (χ0n) is 19.1. The molecule has 1 N–H and O–H groups in total. The number of nitrogens with zero attached hydrogens (tertiary/aromatic N) is 4. The van der Waals surface area contributed by atoms with Gasteiger partial charge in [0.15, 0.2) is 0 Å². The van der Waals surface area contributed by atoms with Crippen LogP contribution < -0.4 is 10.2 Å². The van der Waals surface area contributed by atoms with Crippen molar-refractivity contribution in [3.8, 4) is 0 Å². The molecule has 1 aliphatic carbocycles. The zero-order chi connectivity index (χ0) is 24.4. The minimum absolute atomic E-state index is 0.0253. The molecule has 0 radical (unpaired) electrons. The van der Waals surface area contributed by atoms with Gasteiger partial charge in [0, 0.05) is 55.4 Å². The Morgan fingerprint density at radius 1 is 1.06 bits per heavy atom. The maximum atomic E-state index is 12.9. The first-order valence-corrected chi connectivity index (χ1v) is 12.6. The van der Waals surface area contributed by atoms with E-state index in [1.807, 2.05) is 29.2 Å². The summed E-state index contributed by atoms with van der Waals surface area (Å²) in [5, 5.41) is 15.4. The van der Waals surface area contributed by atoms with Crippen LogP contribution in [-0.4, -0.2) is 64.6 Å². The van der Waals surface area contributed by atoms with Gasteiger partial charge < -0.3 is 15.1 Å². The summed E-state index contributed by atoms with van der Waals surface area (Å²) >= 11 is 1.34. The number of non-ortho nitro benzene ring substituents is 1. The van der Waals surface area contributed by atoms with E-state index < -0.39 is 4.92 Å². The monoisotopic (exact) mass is 491 g/mol. The highest BCUT2D eigenvalue weighted by Gasteiger charge is 2.26. The number of nitro benzene ring substituents is 1. The van der Waals surface area contributed by atoms with Crippen LogP contribution >= 0.6 is 11.8 Å². The second-order valence-corrected chi connectivity index (χ2v) is 9.70. The van der Waals surface area contributed by atoms with Crippen molar-refractivity contribution in [3.05, 3.63) is 70.3 Å². The van der Waals surface area contributed by atoms with E-state index in [0.29, 0.717) is 36.8 Å². The van der Waals surface area contributed by atoms with Crippen LogP contribution in [0.15, 0.2) is 59.6 Å². The molecule has 1 saturated heterocycles. The van der Waals surface area contributed by atoms with Gasteiger partial charge in [-0.3, -0.25) is 19.7 Å². The summed E-state index contributed by atoms with van der Waals surface area (Å²) in [5.41, 5.74) is 2.31. The minimum atomic E-state index is -0.412. The molecule has 3 aromatic rings. The van der Waals surface area contributed by atoms with Crippen LogP contribution in [0.1, 0.15) is 23.2 Å². The number of para-hydroxylation sites is 1. The number of nitrogens with one attached hydrogen (secondary N) is 1. The number of carbonyl (C=O) groups excluding carboxylic acids is 2. The lowest BCUT2D eigenvalue weighted by Crippen LogP contribution is -2.49. The van der Waals surface area contributed by atoms with Crippen LogP contribution in [0.2, 0.25) is 0 Å². The Kier molecular flexibility index (Phi) is 6.54. The van der Waals surface area contributed by atoms with Crippen molar-refractivity contribution in [2.24, 2.45) is 0 Å². The Morgan fingerprint density at radius 2 is 1.77 bits per heavy atom. The van der Waals surface area contributed by atoms with Gasteiger partial charge >= 0.3 is 0 Å². The number of hydrogen-bond acceptors (Lipinski definition) is 7. The Hall–Kier alpha value is -3.66. The largest absolute Gasteiger partial charge is 0.368 e. The average Bonchev–Trinajstić information content (AvgIpc) is 3.71. The third-order valence-corrected chi connectivity index (χ3v) is 7.15. The van der Waals surface area contributed by atoms with Gasteiger partial charge in [-0.25, -0.2) is 4.98 Å². The lowest BCUT2D eigenvalue weighted by Gasteiger charge is -2.36. The van der Waals surface area contributed by atoms with Crippen molar-refractivity contribution in [1.82, 2.24) is 15.2 Å². The van der Waals surface area contributed by atoms with E-state index in [0.717, 1.165) is 29.4 Å². The molecule has 0 bridgehead atoms. The van der Waals surface area contributed by atoms with E-state index in [1.165, 1.54) is 23.9 Å². The number of aromatic nitrogens is 1. The normalized spacial score (nSPS) is 15.8. The van der Waals surface area contributed by atoms with Crippen molar-refractivity contribution in [3.63, 3.8) is 0 Å². The molecule has 2 fully saturated rings. The van der Waals surface area contributed by atoms with Gasteiger partial charge in [-0.1, -0.05) is 30.0 Å². The van der Waals surface area contributed by atoms with Crippen molar-refractivity contribution in [2.75, 3.05) is 36.8 Å². The van der Waals surface area contributed by atoms with E-state index >= 15 is 0 Å². The maximum absolute atomic E-state index is 12.9. The number of benzene rings is 2. The molecule has 2 amide bonds. The van der Waals surface area contributed by atoms with Gasteiger partial charge in [0.25, 0.3) is 11.6 Å². The van der Waals surface area contributed by atoms with Gasteiger partial charge in [-0.15, -0.1) is 0 Å². The van der Waals surface area contributed by atoms with Gasteiger partial charge in [0.1, 0.15) is 0 Å². The number of nitro groups is 1. The number of hydrogen-bond donors (Lipinski definition) is 1. The molecule has 2 aromatic carbocycles. The van der Waals surface area contributed by atoms with Crippen molar-refractivity contribution in [2.45, 2.75) is 23.9 Å². The van der Waals surface area contributed by atoms with Crippen molar-refractivity contribution < 1.29 is 14.5 Å². The summed E-state index contributed by atoms with van der Waals surface area (Å²) in [7, 11) is 0. The first-order chi connectivity index (χ1) is 17.0. The molecule has 10 heteroatoms. The number of amides is 2. The maximum Gasteiger partial charge on any atom is 0.269 e. The van der Waals surface area contributed by atoms with Crippen molar-refractivity contribution in [1.29, 1.82) is 0 Å². The van der Waals surface area contributed by atoms with E-state index in [2.05, 4.69) is 15.2 Å². The molecule has 1 saturated carbocycles. The van der Waals surface area contributed by atoms with Gasteiger partial charge in [-0.05, 0) is 37.1 Å². The lowest BCUT2D eigenvalue weighted by atomic mass is 10.1. The summed E-state index contributed by atoms with van der Waals surface area (Å²) in [6, 6.07) is 16.1. The van der Waals surface area contributed by atoms with Crippen LogP contribution in [0.4, 0.5) is 11.4 Å². The third kappa shape index (κ3) is 5.37. The van der Waals surface area contributed by atoms with Crippen molar-refractivity contribution >= 4 is 45.9 Å². The molecule has 5 rings (SSSR count). The van der Waals surface area contributed by atoms with Crippen LogP contribution in [0.3, 0.4) is 0 Å². The third-order valence-electron chi connectivity index (χ3n) is 6.25. The van der Waals surface area contributed by atoms with Gasteiger partial charge in [0.05, 0.1) is 26.8 Å². The predicted octanol–water partition coefficient (Wildman–Crippen LogP) is 3.48. The Balaban J connectivity index is 1.20. The number of piperazine rings is 1. The summed E-state index contributed by atoms with van der Waals surface area (Å²) in [4.78, 5) is 44.7. The first-order valence-electron chi connectivity index (χ1n) is 11.6. The average molecular weight is 492 g/mol.